The van der Waals surface area contributed by atoms with E-state index in [0.717, 1.165) is 29.8 Å². The van der Waals surface area contributed by atoms with Crippen LogP contribution in [0.15, 0.2) is 29.4 Å². The maximum absolute atomic E-state index is 13.0. The topological polar surface area (TPSA) is 77.3 Å². The van der Waals surface area contributed by atoms with Gasteiger partial charge in [0.1, 0.15) is 12.9 Å². The molecule has 0 radical (unpaired) electrons. The van der Waals surface area contributed by atoms with Crippen LogP contribution in [0.25, 0.3) is 0 Å². The molecule has 1 aromatic carbocycles. The molecule has 8 heteroatoms. The highest BCUT2D eigenvalue weighted by Crippen LogP contribution is 2.28. The summed E-state index contributed by atoms with van der Waals surface area (Å²) in [7, 11) is -1.83. The summed E-state index contributed by atoms with van der Waals surface area (Å²) in [4.78, 5) is 0.404. The van der Waals surface area contributed by atoms with Crippen molar-refractivity contribution in [2.24, 2.45) is 0 Å². The zero-order chi connectivity index (χ0) is 18.0. The normalized spacial score (nSPS) is 17.1. The largest absolute Gasteiger partial charge is 0.377 e. The predicted octanol–water partition coefficient (Wildman–Crippen LogP) is 2.07. The minimum absolute atomic E-state index is 0.200. The van der Waals surface area contributed by atoms with Gasteiger partial charge in [0.25, 0.3) is 0 Å². The highest BCUT2D eigenvalue weighted by molar-refractivity contribution is 7.89. The molecule has 0 aliphatic carbocycles. The van der Waals surface area contributed by atoms with E-state index in [2.05, 4.69) is 10.2 Å². The van der Waals surface area contributed by atoms with Crippen molar-refractivity contribution in [2.75, 3.05) is 20.2 Å². The number of rotatable bonds is 5. The van der Waals surface area contributed by atoms with Gasteiger partial charge in [0.2, 0.25) is 10.0 Å². The Morgan fingerprint density at radius 3 is 2.60 bits per heavy atom. The zero-order valence-corrected chi connectivity index (χ0v) is 15.7. The lowest BCUT2D eigenvalue weighted by Crippen LogP contribution is -2.39. The SMILES string of the molecule is COCc1nncn1C1CCN(S(=O)(=O)c2ccc(C)cc2C)CC1. The number of benzene rings is 1. The highest BCUT2D eigenvalue weighted by Gasteiger charge is 2.31. The van der Waals surface area contributed by atoms with E-state index in [9.17, 15) is 8.42 Å². The third-order valence-corrected chi connectivity index (χ3v) is 6.74. The Balaban J connectivity index is 1.74. The van der Waals surface area contributed by atoms with Gasteiger partial charge >= 0.3 is 0 Å². The summed E-state index contributed by atoms with van der Waals surface area (Å²) in [5, 5.41) is 8.02. The number of methoxy groups -OCH3 is 1. The van der Waals surface area contributed by atoms with Gasteiger partial charge in [0, 0.05) is 26.2 Å². The van der Waals surface area contributed by atoms with Gasteiger partial charge in [-0.2, -0.15) is 4.31 Å². The molecule has 1 fully saturated rings. The van der Waals surface area contributed by atoms with Crippen LogP contribution in [0.2, 0.25) is 0 Å². The van der Waals surface area contributed by atoms with Gasteiger partial charge in [0.15, 0.2) is 5.82 Å². The van der Waals surface area contributed by atoms with Gasteiger partial charge in [-0.25, -0.2) is 8.42 Å². The van der Waals surface area contributed by atoms with Crippen LogP contribution in [0.1, 0.15) is 35.8 Å². The Morgan fingerprint density at radius 2 is 1.96 bits per heavy atom. The van der Waals surface area contributed by atoms with E-state index in [-0.39, 0.29) is 6.04 Å². The first-order valence-corrected chi connectivity index (χ1v) is 9.82. The average Bonchev–Trinajstić information content (AvgIpc) is 3.03. The van der Waals surface area contributed by atoms with E-state index in [4.69, 9.17) is 4.74 Å². The molecule has 136 valence electrons. The average molecular weight is 364 g/mol. The molecule has 3 rings (SSSR count). The van der Waals surface area contributed by atoms with E-state index < -0.39 is 10.0 Å². The quantitative estimate of drug-likeness (QED) is 0.812. The van der Waals surface area contributed by atoms with Crippen LogP contribution in [-0.4, -0.2) is 47.7 Å². The lowest BCUT2D eigenvalue weighted by Gasteiger charge is -2.32. The van der Waals surface area contributed by atoms with Crippen molar-refractivity contribution in [3.8, 4) is 0 Å². The summed E-state index contributed by atoms with van der Waals surface area (Å²) in [5.74, 6) is 0.776. The smallest absolute Gasteiger partial charge is 0.243 e. The number of piperidine rings is 1. The molecule has 7 nitrogen and oxygen atoms in total. The summed E-state index contributed by atoms with van der Waals surface area (Å²) in [5.41, 5.74) is 1.86. The summed E-state index contributed by atoms with van der Waals surface area (Å²) in [6, 6.07) is 5.67. The fourth-order valence-corrected chi connectivity index (χ4v) is 5.07. The van der Waals surface area contributed by atoms with Crippen LogP contribution in [0, 0.1) is 13.8 Å². The molecule has 1 saturated heterocycles. The first-order chi connectivity index (χ1) is 11.9. The van der Waals surface area contributed by atoms with E-state index >= 15 is 0 Å². The molecule has 1 aliphatic heterocycles. The van der Waals surface area contributed by atoms with Crippen LogP contribution in [0.4, 0.5) is 0 Å². The molecule has 25 heavy (non-hydrogen) atoms. The lowest BCUT2D eigenvalue weighted by atomic mass is 10.1. The molecule has 0 atom stereocenters. The van der Waals surface area contributed by atoms with Crippen molar-refractivity contribution >= 4 is 10.0 Å². The van der Waals surface area contributed by atoms with Gasteiger partial charge in [0.05, 0.1) is 4.90 Å². The van der Waals surface area contributed by atoms with Crippen LogP contribution in [0.5, 0.6) is 0 Å². The van der Waals surface area contributed by atoms with Crippen LogP contribution >= 0.6 is 0 Å². The fraction of sp³-hybridized carbons (Fsp3) is 0.529. The number of aromatic nitrogens is 3. The third-order valence-electron chi connectivity index (χ3n) is 4.69. The van der Waals surface area contributed by atoms with Crippen molar-refractivity contribution in [2.45, 2.75) is 44.2 Å². The molecular formula is C17H24N4O3S. The van der Waals surface area contributed by atoms with Gasteiger partial charge in [-0.05, 0) is 38.3 Å². The monoisotopic (exact) mass is 364 g/mol. The lowest BCUT2D eigenvalue weighted by molar-refractivity contribution is 0.167. The third kappa shape index (κ3) is 3.61. The van der Waals surface area contributed by atoms with E-state index in [1.54, 1.807) is 23.8 Å². The van der Waals surface area contributed by atoms with Crippen molar-refractivity contribution in [1.82, 2.24) is 19.1 Å². The van der Waals surface area contributed by atoms with E-state index in [1.165, 1.54) is 0 Å². The van der Waals surface area contributed by atoms with Gasteiger partial charge in [-0.3, -0.25) is 0 Å². The molecule has 0 unspecified atom stereocenters. The number of nitrogens with zero attached hydrogens (tertiary/aromatic N) is 4. The highest BCUT2D eigenvalue weighted by atomic mass is 32.2. The Hall–Kier alpha value is -1.77. The molecule has 2 aromatic rings. The number of sulfonamides is 1. The van der Waals surface area contributed by atoms with E-state index in [1.807, 2.05) is 30.5 Å². The fourth-order valence-electron chi connectivity index (χ4n) is 3.39. The summed E-state index contributed by atoms with van der Waals surface area (Å²) >= 11 is 0. The Labute approximate surface area is 148 Å². The molecule has 0 bridgehead atoms. The first kappa shape index (κ1) is 18.0. The minimum atomic E-state index is -3.45. The predicted molar refractivity (Wildman–Crippen MR) is 93.7 cm³/mol. The zero-order valence-electron chi connectivity index (χ0n) is 14.8. The standard InChI is InChI=1S/C17H24N4O3S/c1-13-4-5-16(14(2)10-13)25(22,23)20-8-6-15(7-9-20)21-12-18-19-17(21)11-24-3/h4-5,10,12,15H,6-9,11H2,1-3H3. The molecule has 1 aliphatic rings. The first-order valence-electron chi connectivity index (χ1n) is 8.38. The van der Waals surface area contributed by atoms with Crippen molar-refractivity contribution < 1.29 is 13.2 Å². The van der Waals surface area contributed by atoms with Crippen molar-refractivity contribution in [3.63, 3.8) is 0 Å². The van der Waals surface area contributed by atoms with Crippen LogP contribution < -0.4 is 0 Å². The maximum atomic E-state index is 13.0. The maximum Gasteiger partial charge on any atom is 0.243 e. The second-order valence-electron chi connectivity index (χ2n) is 6.49. The van der Waals surface area contributed by atoms with Crippen molar-refractivity contribution in [3.05, 3.63) is 41.5 Å². The minimum Gasteiger partial charge on any atom is -0.377 e. The van der Waals surface area contributed by atoms with Crippen LogP contribution in [0.3, 0.4) is 0 Å². The molecular weight excluding hydrogens is 340 g/mol. The molecule has 0 saturated carbocycles. The Morgan fingerprint density at radius 1 is 1.24 bits per heavy atom. The second kappa shape index (κ2) is 7.23. The summed E-state index contributed by atoms with van der Waals surface area (Å²) < 4.78 is 34.6. The Kier molecular flexibility index (Phi) is 5.21. The van der Waals surface area contributed by atoms with Gasteiger partial charge in [-0.15, -0.1) is 10.2 Å². The molecule has 0 amide bonds. The van der Waals surface area contributed by atoms with Gasteiger partial charge in [-0.1, -0.05) is 17.7 Å². The van der Waals surface area contributed by atoms with Gasteiger partial charge < -0.3 is 9.30 Å². The van der Waals surface area contributed by atoms with Crippen LogP contribution in [-0.2, 0) is 21.4 Å². The molecule has 1 aromatic heterocycles. The number of hydrogen-bond donors (Lipinski definition) is 0. The van der Waals surface area contributed by atoms with Crippen molar-refractivity contribution in [1.29, 1.82) is 0 Å². The molecule has 0 spiro atoms. The number of hydrogen-bond acceptors (Lipinski definition) is 5. The summed E-state index contributed by atoms with van der Waals surface area (Å²) in [6.07, 6.45) is 3.17. The number of ether oxygens (including phenoxy) is 1. The number of aryl methyl sites for hydroxylation is 2. The second-order valence-corrected chi connectivity index (χ2v) is 8.40. The molecule has 2 heterocycles. The molecule has 0 N–H and O–H groups in total. The Bertz CT molecular complexity index is 839. The van der Waals surface area contributed by atoms with E-state index in [0.29, 0.717) is 24.6 Å². The summed E-state index contributed by atoms with van der Waals surface area (Å²) in [6.45, 7) is 5.20.